The largest absolute Gasteiger partial charge is 0.385 e. The van der Waals surface area contributed by atoms with Crippen molar-refractivity contribution in [3.8, 4) is 0 Å². The Labute approximate surface area is 109 Å². The summed E-state index contributed by atoms with van der Waals surface area (Å²) in [5, 5.41) is 23.9. The van der Waals surface area contributed by atoms with Crippen LogP contribution in [0.15, 0.2) is 30.5 Å². The van der Waals surface area contributed by atoms with Gasteiger partial charge in [0.15, 0.2) is 0 Å². The fourth-order valence-electron chi connectivity index (χ4n) is 1.79. The lowest BCUT2D eigenvalue weighted by molar-refractivity contribution is -0.383. The Bertz CT molecular complexity index is 603. The van der Waals surface area contributed by atoms with Gasteiger partial charge in [0, 0.05) is 18.8 Å². The number of benzene rings is 1. The van der Waals surface area contributed by atoms with Crippen LogP contribution in [0.25, 0.3) is 10.9 Å². The Morgan fingerprint density at radius 1 is 1.47 bits per heavy atom. The summed E-state index contributed by atoms with van der Waals surface area (Å²) in [7, 11) is 0. The number of nitro benzene ring substituents is 1. The van der Waals surface area contributed by atoms with Crippen LogP contribution in [0, 0.1) is 10.1 Å². The highest BCUT2D eigenvalue weighted by atomic mass is 16.6. The molecule has 7 heteroatoms. The molecule has 0 fully saturated rings. The molecule has 0 radical (unpaired) electrons. The second-order valence-electron chi connectivity index (χ2n) is 4.11. The van der Waals surface area contributed by atoms with E-state index in [0.717, 1.165) is 0 Å². The molecule has 1 atom stereocenters. The Morgan fingerprint density at radius 3 is 2.95 bits per heavy atom. The van der Waals surface area contributed by atoms with E-state index in [4.69, 9.17) is 0 Å². The normalized spacial score (nSPS) is 12.3. The molecule has 2 aromatic rings. The minimum absolute atomic E-state index is 0.0198. The number of rotatable bonds is 5. The first-order chi connectivity index (χ1) is 9.13. The fraction of sp³-hybridized carbons (Fsp3) is 0.250. The molecule has 0 saturated heterocycles. The number of hydrogen-bond acceptors (Lipinski definition) is 5. The average Bonchev–Trinajstić information content (AvgIpc) is 2.43. The molecule has 19 heavy (non-hydrogen) atoms. The van der Waals surface area contributed by atoms with E-state index in [2.05, 4.69) is 16.0 Å². The van der Waals surface area contributed by atoms with Gasteiger partial charge >= 0.3 is 0 Å². The van der Waals surface area contributed by atoms with Crippen LogP contribution in [0.2, 0.25) is 0 Å². The summed E-state index contributed by atoms with van der Waals surface area (Å²) in [5.74, 6) is 0. The zero-order chi connectivity index (χ0) is 13.8. The molecule has 0 aliphatic rings. The highest BCUT2D eigenvalue weighted by molar-refractivity contribution is 5.96. The van der Waals surface area contributed by atoms with E-state index in [1.165, 1.54) is 6.07 Å². The van der Waals surface area contributed by atoms with Gasteiger partial charge in [-0.25, -0.2) is 0 Å². The van der Waals surface area contributed by atoms with E-state index in [1.54, 1.807) is 24.4 Å². The number of aromatic nitrogens is 1. The van der Waals surface area contributed by atoms with Crippen molar-refractivity contribution in [3.63, 3.8) is 0 Å². The second kappa shape index (κ2) is 5.59. The van der Waals surface area contributed by atoms with Crippen LogP contribution in [0.5, 0.6) is 0 Å². The number of non-ortho nitro benzene ring substituents is 1. The molecule has 0 saturated carbocycles. The fourth-order valence-corrected chi connectivity index (χ4v) is 1.79. The van der Waals surface area contributed by atoms with E-state index in [1.807, 2.05) is 0 Å². The number of nitro groups is 1. The van der Waals surface area contributed by atoms with Gasteiger partial charge in [-0.15, -0.1) is 0 Å². The van der Waals surface area contributed by atoms with Crippen LogP contribution in [0.1, 0.15) is 0 Å². The van der Waals surface area contributed by atoms with Crippen molar-refractivity contribution >= 4 is 22.3 Å². The summed E-state index contributed by atoms with van der Waals surface area (Å²) in [6.07, 6.45) is 1.02. The minimum atomic E-state index is -0.561. The summed E-state index contributed by atoms with van der Waals surface area (Å²) in [5.41, 5.74) is 4.80. The van der Waals surface area contributed by atoms with Crippen LogP contribution in [0.4, 0.5) is 11.4 Å². The number of anilines is 1. The predicted molar refractivity (Wildman–Crippen MR) is 70.6 cm³/mol. The Hall–Kier alpha value is -2.25. The zero-order valence-corrected chi connectivity index (χ0v) is 10.2. The lowest BCUT2D eigenvalue weighted by atomic mass is 10.1. The standard InChI is InChI=1S/C12H14N4O3/c13-6-8(17)7-15-10-3-4-11(16(18)19)9-2-1-5-14-12(9)10/h1-5,8,15,17H,6-7,13H2/p+1/t8-/m1/s1. The molecule has 5 N–H and O–H groups in total. The van der Waals surface area contributed by atoms with E-state index >= 15 is 0 Å². The third-order valence-corrected chi connectivity index (χ3v) is 2.80. The molecule has 1 heterocycles. The van der Waals surface area contributed by atoms with Gasteiger partial charge in [0.25, 0.3) is 5.69 Å². The van der Waals surface area contributed by atoms with Crippen molar-refractivity contribution in [1.82, 2.24) is 4.98 Å². The summed E-state index contributed by atoms with van der Waals surface area (Å²) < 4.78 is 0. The maximum Gasteiger partial charge on any atom is 0.278 e. The molecule has 0 bridgehead atoms. The summed E-state index contributed by atoms with van der Waals surface area (Å²) in [6, 6.07) is 6.35. The van der Waals surface area contributed by atoms with E-state index in [-0.39, 0.29) is 5.69 Å². The van der Waals surface area contributed by atoms with Crippen molar-refractivity contribution < 1.29 is 15.8 Å². The molecular formula is C12H15N4O3+. The lowest BCUT2D eigenvalue weighted by Gasteiger charge is -2.11. The third-order valence-electron chi connectivity index (χ3n) is 2.80. The van der Waals surface area contributed by atoms with Crippen LogP contribution in [0.3, 0.4) is 0 Å². The van der Waals surface area contributed by atoms with Crippen LogP contribution >= 0.6 is 0 Å². The number of aliphatic hydroxyl groups excluding tert-OH is 1. The smallest absolute Gasteiger partial charge is 0.278 e. The van der Waals surface area contributed by atoms with Gasteiger partial charge in [-0.2, -0.15) is 0 Å². The molecule has 0 aliphatic carbocycles. The number of pyridine rings is 1. The molecule has 1 aromatic carbocycles. The van der Waals surface area contributed by atoms with E-state index in [0.29, 0.717) is 29.7 Å². The first-order valence-electron chi connectivity index (χ1n) is 5.86. The summed E-state index contributed by atoms with van der Waals surface area (Å²) >= 11 is 0. The highest BCUT2D eigenvalue weighted by Gasteiger charge is 2.15. The first-order valence-corrected chi connectivity index (χ1v) is 5.86. The van der Waals surface area contributed by atoms with Crippen molar-refractivity contribution in [2.75, 3.05) is 18.4 Å². The lowest BCUT2D eigenvalue weighted by Crippen LogP contribution is -2.57. The Morgan fingerprint density at radius 2 is 2.26 bits per heavy atom. The molecule has 0 unspecified atom stereocenters. The average molecular weight is 263 g/mol. The van der Waals surface area contributed by atoms with Gasteiger partial charge in [0.2, 0.25) is 0 Å². The molecule has 7 nitrogen and oxygen atoms in total. The van der Waals surface area contributed by atoms with Crippen LogP contribution < -0.4 is 11.1 Å². The minimum Gasteiger partial charge on any atom is -0.385 e. The maximum atomic E-state index is 10.9. The number of quaternary nitrogens is 1. The van der Waals surface area contributed by atoms with Crippen LogP contribution in [-0.2, 0) is 0 Å². The van der Waals surface area contributed by atoms with Crippen molar-refractivity contribution in [2.45, 2.75) is 6.10 Å². The van der Waals surface area contributed by atoms with Gasteiger partial charge in [-0.05, 0) is 18.2 Å². The molecule has 100 valence electrons. The molecule has 2 rings (SSSR count). The molecule has 0 spiro atoms. The van der Waals surface area contributed by atoms with Gasteiger partial charge < -0.3 is 16.2 Å². The van der Waals surface area contributed by atoms with Crippen molar-refractivity contribution in [1.29, 1.82) is 0 Å². The van der Waals surface area contributed by atoms with Gasteiger partial charge in [-0.1, -0.05) is 0 Å². The van der Waals surface area contributed by atoms with E-state index in [9.17, 15) is 15.2 Å². The number of fused-ring (bicyclic) bond motifs is 1. The summed E-state index contributed by atoms with van der Waals surface area (Å²) in [6.45, 7) is 0.721. The number of nitrogens with one attached hydrogen (secondary N) is 1. The first kappa shape index (κ1) is 13.2. The number of nitrogens with zero attached hydrogens (tertiary/aromatic N) is 2. The summed E-state index contributed by atoms with van der Waals surface area (Å²) in [4.78, 5) is 14.7. The molecular weight excluding hydrogens is 248 g/mol. The van der Waals surface area contributed by atoms with Gasteiger partial charge in [0.05, 0.1) is 16.0 Å². The van der Waals surface area contributed by atoms with Crippen molar-refractivity contribution in [3.05, 3.63) is 40.6 Å². The van der Waals surface area contributed by atoms with E-state index < -0.39 is 11.0 Å². The van der Waals surface area contributed by atoms with Gasteiger partial charge in [-0.3, -0.25) is 15.1 Å². The molecule has 1 aromatic heterocycles. The SMILES string of the molecule is [NH3+]C[C@@H](O)CNc1ccc([N+](=O)[O-])c2cccnc12. The Balaban J connectivity index is 2.41. The Kier molecular flexibility index (Phi) is 3.88. The quantitative estimate of drug-likeness (QED) is 0.525. The molecule has 0 aliphatic heterocycles. The number of hydrogen-bond donors (Lipinski definition) is 3. The monoisotopic (exact) mass is 263 g/mol. The topological polar surface area (TPSA) is 116 Å². The maximum absolute atomic E-state index is 10.9. The van der Waals surface area contributed by atoms with Gasteiger partial charge in [0.1, 0.15) is 18.2 Å². The van der Waals surface area contributed by atoms with Crippen molar-refractivity contribution in [2.24, 2.45) is 0 Å². The highest BCUT2D eigenvalue weighted by Crippen LogP contribution is 2.29. The zero-order valence-electron chi connectivity index (χ0n) is 10.2. The number of aliphatic hydroxyl groups is 1. The molecule has 0 amide bonds. The third kappa shape index (κ3) is 2.78. The van der Waals surface area contributed by atoms with Crippen LogP contribution in [-0.4, -0.2) is 34.2 Å². The predicted octanol–water partition coefficient (Wildman–Crippen LogP) is 0.158. The second-order valence-corrected chi connectivity index (χ2v) is 4.11.